The molecule has 0 amide bonds. The highest BCUT2D eigenvalue weighted by atomic mass is 16.5. The van der Waals surface area contributed by atoms with Gasteiger partial charge >= 0.3 is 0 Å². The van der Waals surface area contributed by atoms with E-state index in [0.717, 1.165) is 12.1 Å². The van der Waals surface area contributed by atoms with E-state index in [1.165, 1.54) is 0 Å². The second-order valence-electron chi connectivity index (χ2n) is 4.47. The summed E-state index contributed by atoms with van der Waals surface area (Å²) < 4.78 is 5.11. The summed E-state index contributed by atoms with van der Waals surface area (Å²) in [6, 6.07) is 0. The fourth-order valence-corrected chi connectivity index (χ4v) is 1.87. The number of rotatable bonds is 2. The molecule has 1 saturated heterocycles. The minimum atomic E-state index is -1.07. The maximum Gasteiger partial charge on any atom is 0.260 e. The molecule has 2 aromatic rings. The highest BCUT2D eigenvalue weighted by Gasteiger charge is 2.39. The van der Waals surface area contributed by atoms with E-state index in [1.54, 1.807) is 12.4 Å². The summed E-state index contributed by atoms with van der Waals surface area (Å²) in [6.07, 6.45) is 3.93. The van der Waals surface area contributed by atoms with Gasteiger partial charge in [0, 0.05) is 18.9 Å². The van der Waals surface area contributed by atoms with Crippen molar-refractivity contribution in [3.63, 3.8) is 0 Å². The van der Waals surface area contributed by atoms with Gasteiger partial charge in [-0.25, -0.2) is 9.97 Å². The van der Waals surface area contributed by atoms with Crippen LogP contribution in [0.1, 0.15) is 17.9 Å². The standard InChI is InChI=1S/C11H13N5O2/c1-7-4-13-8(14-5-7)9-15-10(18-16-9)11(17)2-3-12-6-11/h4-5,12,17H,2-3,6H2,1H3. The zero-order valence-corrected chi connectivity index (χ0v) is 9.92. The molecule has 2 N–H and O–H groups in total. The van der Waals surface area contributed by atoms with Crippen molar-refractivity contribution >= 4 is 0 Å². The third-order valence-electron chi connectivity index (χ3n) is 2.94. The summed E-state index contributed by atoms with van der Waals surface area (Å²) in [5.74, 6) is 0.905. The first kappa shape index (κ1) is 11.2. The Morgan fingerprint density at radius 3 is 2.78 bits per heavy atom. The molecule has 0 spiro atoms. The Kier molecular flexibility index (Phi) is 2.57. The normalized spacial score (nSPS) is 23.4. The molecule has 0 radical (unpaired) electrons. The van der Waals surface area contributed by atoms with Crippen molar-refractivity contribution in [2.24, 2.45) is 0 Å². The van der Waals surface area contributed by atoms with E-state index < -0.39 is 5.60 Å². The molecule has 3 heterocycles. The monoisotopic (exact) mass is 247 g/mol. The molecule has 1 aliphatic heterocycles. The molecule has 1 aliphatic rings. The van der Waals surface area contributed by atoms with E-state index in [0.29, 0.717) is 24.6 Å². The Morgan fingerprint density at radius 1 is 1.33 bits per heavy atom. The fourth-order valence-electron chi connectivity index (χ4n) is 1.87. The van der Waals surface area contributed by atoms with Gasteiger partial charge < -0.3 is 14.9 Å². The maximum absolute atomic E-state index is 10.3. The van der Waals surface area contributed by atoms with Crippen LogP contribution in [-0.4, -0.2) is 38.3 Å². The smallest absolute Gasteiger partial charge is 0.260 e. The highest BCUT2D eigenvalue weighted by molar-refractivity contribution is 5.41. The predicted molar refractivity (Wildman–Crippen MR) is 61.4 cm³/mol. The first-order chi connectivity index (χ1) is 8.67. The Labute approximate surface area is 103 Å². The molecule has 1 fully saturated rings. The van der Waals surface area contributed by atoms with Crippen molar-refractivity contribution in [1.29, 1.82) is 0 Å². The van der Waals surface area contributed by atoms with Crippen molar-refractivity contribution in [2.45, 2.75) is 18.9 Å². The van der Waals surface area contributed by atoms with Crippen molar-refractivity contribution in [3.05, 3.63) is 23.8 Å². The predicted octanol–water partition coefficient (Wildman–Crippen LogP) is 0.0159. The average Bonchev–Trinajstić information content (AvgIpc) is 2.99. The molecule has 7 heteroatoms. The van der Waals surface area contributed by atoms with Gasteiger partial charge in [0.15, 0.2) is 5.60 Å². The van der Waals surface area contributed by atoms with E-state index in [9.17, 15) is 5.11 Å². The number of aromatic nitrogens is 4. The zero-order valence-electron chi connectivity index (χ0n) is 9.92. The quantitative estimate of drug-likeness (QED) is 0.771. The van der Waals surface area contributed by atoms with Gasteiger partial charge in [-0.1, -0.05) is 5.16 Å². The van der Waals surface area contributed by atoms with E-state index in [4.69, 9.17) is 4.52 Å². The van der Waals surface area contributed by atoms with Gasteiger partial charge in [0.05, 0.1) is 0 Å². The molecule has 18 heavy (non-hydrogen) atoms. The van der Waals surface area contributed by atoms with E-state index >= 15 is 0 Å². The minimum absolute atomic E-state index is 0.215. The van der Waals surface area contributed by atoms with Crippen LogP contribution in [0.25, 0.3) is 11.6 Å². The van der Waals surface area contributed by atoms with Crippen molar-refractivity contribution < 1.29 is 9.63 Å². The van der Waals surface area contributed by atoms with Crippen LogP contribution in [-0.2, 0) is 5.60 Å². The number of hydrogen-bond acceptors (Lipinski definition) is 7. The molecule has 2 aromatic heterocycles. The van der Waals surface area contributed by atoms with Crippen LogP contribution in [0, 0.1) is 6.92 Å². The third kappa shape index (κ3) is 1.87. The van der Waals surface area contributed by atoms with Crippen molar-refractivity contribution in [3.8, 4) is 11.6 Å². The molecular formula is C11H13N5O2. The molecule has 1 atom stereocenters. The summed E-state index contributed by atoms with van der Waals surface area (Å²) in [7, 11) is 0. The number of nitrogens with one attached hydrogen (secondary N) is 1. The van der Waals surface area contributed by atoms with Gasteiger partial charge in [-0.2, -0.15) is 4.98 Å². The molecule has 1 unspecified atom stereocenters. The van der Waals surface area contributed by atoms with E-state index in [-0.39, 0.29) is 5.89 Å². The minimum Gasteiger partial charge on any atom is -0.379 e. The van der Waals surface area contributed by atoms with Crippen LogP contribution < -0.4 is 5.32 Å². The molecule has 0 aliphatic carbocycles. The summed E-state index contributed by atoms with van der Waals surface area (Å²) in [4.78, 5) is 12.4. The second kappa shape index (κ2) is 4.11. The average molecular weight is 247 g/mol. The Bertz CT molecular complexity index is 545. The van der Waals surface area contributed by atoms with E-state index in [1.807, 2.05) is 6.92 Å². The van der Waals surface area contributed by atoms with Crippen LogP contribution in [0.4, 0.5) is 0 Å². The summed E-state index contributed by atoms with van der Waals surface area (Å²) >= 11 is 0. The van der Waals surface area contributed by atoms with Crippen LogP contribution in [0.3, 0.4) is 0 Å². The van der Waals surface area contributed by atoms with E-state index in [2.05, 4.69) is 25.4 Å². The van der Waals surface area contributed by atoms with Crippen LogP contribution in [0.5, 0.6) is 0 Å². The van der Waals surface area contributed by atoms with Crippen molar-refractivity contribution in [1.82, 2.24) is 25.4 Å². The highest BCUT2D eigenvalue weighted by Crippen LogP contribution is 2.27. The summed E-state index contributed by atoms with van der Waals surface area (Å²) in [5.41, 5.74) is -0.114. The zero-order chi connectivity index (χ0) is 12.6. The molecule has 0 bridgehead atoms. The Balaban J connectivity index is 1.91. The molecule has 7 nitrogen and oxygen atoms in total. The first-order valence-corrected chi connectivity index (χ1v) is 5.74. The lowest BCUT2D eigenvalue weighted by atomic mass is 10.0. The van der Waals surface area contributed by atoms with Gasteiger partial charge in [-0.3, -0.25) is 0 Å². The summed E-state index contributed by atoms with van der Waals surface area (Å²) in [5, 5.41) is 17.1. The number of aliphatic hydroxyl groups is 1. The number of aryl methyl sites for hydroxylation is 1. The second-order valence-corrected chi connectivity index (χ2v) is 4.47. The lowest BCUT2D eigenvalue weighted by Gasteiger charge is -2.14. The first-order valence-electron chi connectivity index (χ1n) is 5.74. The fraction of sp³-hybridized carbons (Fsp3) is 0.455. The number of hydrogen-bond donors (Lipinski definition) is 2. The van der Waals surface area contributed by atoms with Crippen LogP contribution in [0.2, 0.25) is 0 Å². The number of nitrogens with zero attached hydrogens (tertiary/aromatic N) is 4. The van der Waals surface area contributed by atoms with Gasteiger partial charge in [0.1, 0.15) is 0 Å². The molecule has 94 valence electrons. The SMILES string of the molecule is Cc1cnc(-c2noc(C3(O)CCNC3)n2)nc1. The largest absolute Gasteiger partial charge is 0.379 e. The van der Waals surface area contributed by atoms with Crippen LogP contribution >= 0.6 is 0 Å². The molecule has 0 aromatic carbocycles. The lowest BCUT2D eigenvalue weighted by Crippen LogP contribution is -2.28. The van der Waals surface area contributed by atoms with Gasteiger partial charge in [0.2, 0.25) is 11.6 Å². The molecule has 3 rings (SSSR count). The van der Waals surface area contributed by atoms with Gasteiger partial charge in [-0.15, -0.1) is 0 Å². The molecular weight excluding hydrogens is 234 g/mol. The number of β-amino-alcohol motifs (C(OH)–C–C–N with tert-alkyl or cyclic N) is 1. The maximum atomic E-state index is 10.3. The third-order valence-corrected chi connectivity index (χ3v) is 2.94. The van der Waals surface area contributed by atoms with Gasteiger partial charge in [0.25, 0.3) is 5.89 Å². The topological polar surface area (TPSA) is 97.0 Å². The van der Waals surface area contributed by atoms with Crippen LogP contribution in [0.15, 0.2) is 16.9 Å². The Morgan fingerprint density at radius 2 is 2.11 bits per heavy atom. The summed E-state index contributed by atoms with van der Waals surface area (Å²) in [6.45, 7) is 3.05. The Hall–Kier alpha value is -1.86. The molecule has 0 saturated carbocycles. The lowest BCUT2D eigenvalue weighted by molar-refractivity contribution is 0.0243. The van der Waals surface area contributed by atoms with Crippen molar-refractivity contribution in [2.75, 3.05) is 13.1 Å². The van der Waals surface area contributed by atoms with Gasteiger partial charge in [-0.05, 0) is 25.5 Å².